The molecule has 0 fully saturated rings. The first kappa shape index (κ1) is 11.0. The van der Waals surface area contributed by atoms with E-state index in [1.54, 1.807) is 18.6 Å². The predicted octanol–water partition coefficient (Wildman–Crippen LogP) is 1.37. The van der Waals surface area contributed by atoms with Crippen LogP contribution in [0.2, 0.25) is 5.02 Å². The maximum Gasteiger partial charge on any atom is 0.249 e. The smallest absolute Gasteiger partial charge is 0.249 e. The largest absolute Gasteiger partial charge is 0.396 e. The summed E-state index contributed by atoms with van der Waals surface area (Å²) in [5, 5.41) is 9.11. The van der Waals surface area contributed by atoms with Gasteiger partial charge in [0.25, 0.3) is 0 Å². The summed E-state index contributed by atoms with van der Waals surface area (Å²) < 4.78 is 0. The Hall–Kier alpha value is -1.06. The summed E-state index contributed by atoms with van der Waals surface area (Å²) in [6, 6.07) is 4.91. The topological polar surface area (TPSA) is 63.3 Å². The lowest BCUT2D eigenvalue weighted by Gasteiger charge is -2.05. The molecule has 1 rings (SSSR count). The normalized spacial score (nSPS) is 10.1. The fraction of sp³-hybridized carbons (Fsp3) is 0.200. The van der Waals surface area contributed by atoms with Gasteiger partial charge in [-0.3, -0.25) is 4.79 Å². The number of carbonyl (C=O) groups is 1. The summed E-state index contributed by atoms with van der Waals surface area (Å²) in [6.07, 6.45) is 2.23. The average Bonchev–Trinajstić information content (AvgIpc) is 2.15. The Kier molecular flexibility index (Phi) is 3.92. The van der Waals surface area contributed by atoms with E-state index in [4.69, 9.17) is 22.4 Å². The molecule has 0 aromatic heterocycles. The molecule has 0 aliphatic carbocycles. The highest BCUT2D eigenvalue weighted by Gasteiger charge is 2.08. The van der Waals surface area contributed by atoms with Gasteiger partial charge in [0.2, 0.25) is 5.91 Å². The first-order valence-electron chi connectivity index (χ1n) is 4.18. The molecule has 3 nitrogen and oxygen atoms in total. The van der Waals surface area contributed by atoms with E-state index in [1.807, 2.05) is 0 Å². The minimum absolute atomic E-state index is 0.0425. The zero-order valence-electron chi connectivity index (χ0n) is 7.53. The van der Waals surface area contributed by atoms with Crippen molar-refractivity contribution in [3.05, 3.63) is 40.8 Å². The standard InChI is InChI=1S/C10H11ClNO2/c11-8-4-3-7(2-1-5-13)9(6-8)10(12)14/h2-4,6,13H,1,5H2,(H2,12,14). The van der Waals surface area contributed by atoms with Gasteiger partial charge in [-0.25, -0.2) is 0 Å². The van der Waals surface area contributed by atoms with Crippen molar-refractivity contribution in [2.24, 2.45) is 5.73 Å². The molecule has 1 radical (unpaired) electrons. The van der Waals surface area contributed by atoms with Gasteiger partial charge in [-0.2, -0.15) is 0 Å². The molecule has 0 aliphatic rings. The van der Waals surface area contributed by atoms with Crippen LogP contribution in [0.15, 0.2) is 18.2 Å². The number of halogens is 1. The Morgan fingerprint density at radius 1 is 1.57 bits per heavy atom. The van der Waals surface area contributed by atoms with E-state index in [0.717, 1.165) is 0 Å². The average molecular weight is 213 g/mol. The van der Waals surface area contributed by atoms with E-state index in [-0.39, 0.29) is 6.61 Å². The molecule has 0 heterocycles. The Balaban J connectivity index is 2.96. The van der Waals surface area contributed by atoms with Gasteiger partial charge in [-0.15, -0.1) is 0 Å². The Labute approximate surface area is 87.5 Å². The minimum atomic E-state index is -0.517. The summed E-state index contributed by atoms with van der Waals surface area (Å²) in [5.41, 5.74) is 6.26. The second-order valence-corrected chi connectivity index (χ2v) is 3.25. The third kappa shape index (κ3) is 2.72. The van der Waals surface area contributed by atoms with Crippen LogP contribution in [0.3, 0.4) is 0 Å². The van der Waals surface area contributed by atoms with Crippen molar-refractivity contribution in [2.75, 3.05) is 6.61 Å². The lowest BCUT2D eigenvalue weighted by Crippen LogP contribution is -2.13. The fourth-order valence-electron chi connectivity index (χ4n) is 1.14. The molecule has 0 saturated heterocycles. The fourth-order valence-corrected chi connectivity index (χ4v) is 1.31. The van der Waals surface area contributed by atoms with E-state index < -0.39 is 5.91 Å². The quantitative estimate of drug-likeness (QED) is 0.792. The zero-order chi connectivity index (χ0) is 10.6. The number of benzene rings is 1. The van der Waals surface area contributed by atoms with Crippen LogP contribution in [0.4, 0.5) is 0 Å². The predicted molar refractivity (Wildman–Crippen MR) is 55.1 cm³/mol. The Bertz CT molecular complexity index is 339. The number of nitrogens with two attached hydrogens (primary N) is 1. The van der Waals surface area contributed by atoms with Crippen LogP contribution in [0, 0.1) is 6.42 Å². The monoisotopic (exact) mass is 212 g/mol. The Morgan fingerprint density at radius 2 is 2.29 bits per heavy atom. The highest BCUT2D eigenvalue weighted by Crippen LogP contribution is 2.18. The van der Waals surface area contributed by atoms with Gasteiger partial charge in [-0.1, -0.05) is 17.7 Å². The highest BCUT2D eigenvalue weighted by molar-refractivity contribution is 6.31. The van der Waals surface area contributed by atoms with Gasteiger partial charge >= 0.3 is 0 Å². The maximum atomic E-state index is 11.0. The van der Waals surface area contributed by atoms with Crippen LogP contribution < -0.4 is 5.73 Å². The number of rotatable bonds is 4. The number of amides is 1. The molecular weight excluding hydrogens is 202 g/mol. The van der Waals surface area contributed by atoms with Crippen molar-refractivity contribution >= 4 is 17.5 Å². The van der Waals surface area contributed by atoms with Crippen LogP contribution in [-0.2, 0) is 0 Å². The number of hydrogen-bond donors (Lipinski definition) is 2. The molecule has 4 heteroatoms. The molecule has 1 aromatic carbocycles. The van der Waals surface area contributed by atoms with Crippen molar-refractivity contribution in [3.8, 4) is 0 Å². The minimum Gasteiger partial charge on any atom is -0.396 e. The van der Waals surface area contributed by atoms with Gasteiger partial charge in [0.1, 0.15) is 0 Å². The first-order chi connectivity index (χ1) is 6.65. The van der Waals surface area contributed by atoms with Crippen LogP contribution in [0.25, 0.3) is 0 Å². The third-order valence-corrected chi connectivity index (χ3v) is 2.01. The summed E-state index contributed by atoms with van der Waals surface area (Å²) in [4.78, 5) is 11.0. The molecule has 0 aliphatic heterocycles. The highest BCUT2D eigenvalue weighted by atomic mass is 35.5. The van der Waals surface area contributed by atoms with Crippen molar-refractivity contribution < 1.29 is 9.90 Å². The summed E-state index contributed by atoms with van der Waals surface area (Å²) in [5.74, 6) is -0.517. The van der Waals surface area contributed by atoms with Crippen LogP contribution in [-0.4, -0.2) is 17.6 Å². The summed E-state index contributed by atoms with van der Waals surface area (Å²) in [6.45, 7) is 0.0425. The lowest BCUT2D eigenvalue weighted by atomic mass is 10.0. The van der Waals surface area contributed by atoms with E-state index in [9.17, 15) is 4.79 Å². The van der Waals surface area contributed by atoms with Gasteiger partial charge in [0.05, 0.1) is 0 Å². The number of hydrogen-bond acceptors (Lipinski definition) is 2. The van der Waals surface area contributed by atoms with E-state index in [2.05, 4.69) is 0 Å². The molecule has 75 valence electrons. The molecular formula is C10H11ClNO2. The van der Waals surface area contributed by atoms with Crippen LogP contribution in [0.1, 0.15) is 22.3 Å². The second kappa shape index (κ2) is 4.98. The van der Waals surface area contributed by atoms with Gasteiger partial charge in [0.15, 0.2) is 0 Å². The van der Waals surface area contributed by atoms with E-state index in [0.29, 0.717) is 22.6 Å². The van der Waals surface area contributed by atoms with Crippen molar-refractivity contribution in [1.82, 2.24) is 0 Å². The molecule has 1 amide bonds. The molecule has 1 aromatic rings. The number of primary amides is 1. The third-order valence-electron chi connectivity index (χ3n) is 1.77. The summed E-state index contributed by atoms with van der Waals surface area (Å²) >= 11 is 5.72. The van der Waals surface area contributed by atoms with Crippen molar-refractivity contribution in [2.45, 2.75) is 6.42 Å². The van der Waals surface area contributed by atoms with Crippen LogP contribution in [0.5, 0.6) is 0 Å². The van der Waals surface area contributed by atoms with Crippen LogP contribution >= 0.6 is 11.6 Å². The van der Waals surface area contributed by atoms with Gasteiger partial charge in [-0.05, 0) is 30.5 Å². The number of aliphatic hydroxyl groups excluding tert-OH is 1. The van der Waals surface area contributed by atoms with Crippen molar-refractivity contribution in [3.63, 3.8) is 0 Å². The molecule has 0 saturated carbocycles. The molecule has 0 spiro atoms. The second-order valence-electron chi connectivity index (χ2n) is 2.81. The summed E-state index contributed by atoms with van der Waals surface area (Å²) in [7, 11) is 0. The van der Waals surface area contributed by atoms with Gasteiger partial charge < -0.3 is 10.8 Å². The molecule has 0 unspecified atom stereocenters. The molecule has 0 bridgehead atoms. The number of carbonyl (C=O) groups excluding carboxylic acids is 1. The van der Waals surface area contributed by atoms with E-state index >= 15 is 0 Å². The van der Waals surface area contributed by atoms with E-state index in [1.165, 1.54) is 6.07 Å². The lowest BCUT2D eigenvalue weighted by molar-refractivity contribution is 0.0999. The Morgan fingerprint density at radius 3 is 2.86 bits per heavy atom. The zero-order valence-corrected chi connectivity index (χ0v) is 8.29. The van der Waals surface area contributed by atoms with Gasteiger partial charge in [0, 0.05) is 17.2 Å². The molecule has 0 atom stereocenters. The maximum absolute atomic E-state index is 11.0. The number of aliphatic hydroxyl groups is 1. The molecule has 3 N–H and O–H groups in total. The van der Waals surface area contributed by atoms with Crippen molar-refractivity contribution in [1.29, 1.82) is 0 Å². The molecule has 14 heavy (non-hydrogen) atoms. The first-order valence-corrected chi connectivity index (χ1v) is 4.56. The SMILES string of the molecule is NC(=O)c1cc(Cl)ccc1[CH]CCO.